The molecule has 3 aromatic rings. The topological polar surface area (TPSA) is 102 Å². The minimum absolute atomic E-state index is 0.234. The summed E-state index contributed by atoms with van der Waals surface area (Å²) in [6, 6.07) is 11.4. The zero-order valence-electron chi connectivity index (χ0n) is 14.0. The molecule has 3 N–H and O–H groups in total. The molecule has 0 aliphatic rings. The van der Waals surface area contributed by atoms with Crippen LogP contribution in [0.3, 0.4) is 0 Å². The van der Waals surface area contributed by atoms with Gasteiger partial charge in [0.15, 0.2) is 0 Å². The van der Waals surface area contributed by atoms with Crippen molar-refractivity contribution >= 4 is 17.2 Å². The van der Waals surface area contributed by atoms with Crippen LogP contribution < -0.4 is 15.8 Å². The van der Waals surface area contributed by atoms with Crippen LogP contribution >= 0.6 is 0 Å². The van der Waals surface area contributed by atoms with Gasteiger partial charge in [0.1, 0.15) is 17.5 Å². The fourth-order valence-electron chi connectivity index (χ4n) is 2.39. The molecule has 2 aromatic heterocycles. The molecule has 0 unspecified atom stereocenters. The Kier molecular flexibility index (Phi) is 4.53. The van der Waals surface area contributed by atoms with Crippen molar-refractivity contribution in [2.45, 2.75) is 6.92 Å². The molecule has 7 nitrogen and oxygen atoms in total. The molecular formula is C18H18N6O. The molecule has 0 fully saturated rings. The first-order valence-electron chi connectivity index (χ1n) is 7.79. The Morgan fingerprint density at radius 1 is 1.32 bits per heavy atom. The molecule has 0 atom stereocenters. The number of nitriles is 1. The first-order valence-corrected chi connectivity index (χ1v) is 7.79. The Hall–Kier alpha value is -3.53. The Bertz CT molecular complexity index is 924. The maximum absolute atomic E-state index is 9.17. The van der Waals surface area contributed by atoms with E-state index >= 15 is 0 Å². The van der Waals surface area contributed by atoms with E-state index in [4.69, 9.17) is 15.7 Å². The molecule has 25 heavy (non-hydrogen) atoms. The summed E-state index contributed by atoms with van der Waals surface area (Å²) in [4.78, 5) is 8.65. The number of anilines is 3. The second-order valence-corrected chi connectivity index (χ2v) is 5.45. The van der Waals surface area contributed by atoms with E-state index in [1.54, 1.807) is 12.4 Å². The summed E-state index contributed by atoms with van der Waals surface area (Å²) >= 11 is 0. The molecule has 0 radical (unpaired) electrons. The molecule has 0 aliphatic heterocycles. The highest BCUT2D eigenvalue weighted by Gasteiger charge is 2.12. The highest BCUT2D eigenvalue weighted by Crippen LogP contribution is 2.27. The highest BCUT2D eigenvalue weighted by atomic mass is 16.5. The highest BCUT2D eigenvalue weighted by molar-refractivity contribution is 5.69. The lowest BCUT2D eigenvalue weighted by Gasteiger charge is -2.11. The van der Waals surface area contributed by atoms with Gasteiger partial charge < -0.3 is 20.4 Å². The molecule has 126 valence electrons. The minimum atomic E-state index is 0.234. The maximum atomic E-state index is 9.17. The summed E-state index contributed by atoms with van der Waals surface area (Å²) in [5, 5.41) is 12.3. The monoisotopic (exact) mass is 334 g/mol. The van der Waals surface area contributed by atoms with Crippen molar-refractivity contribution in [1.29, 1.82) is 5.26 Å². The van der Waals surface area contributed by atoms with Crippen LogP contribution in [0.4, 0.5) is 17.2 Å². The van der Waals surface area contributed by atoms with Gasteiger partial charge in [0.05, 0.1) is 24.3 Å². The van der Waals surface area contributed by atoms with Gasteiger partial charge in [-0.25, -0.2) is 4.98 Å². The number of imidazole rings is 1. The number of aromatic nitrogens is 3. The molecule has 0 amide bonds. The average molecular weight is 334 g/mol. The van der Waals surface area contributed by atoms with E-state index in [-0.39, 0.29) is 11.4 Å². The van der Waals surface area contributed by atoms with E-state index in [1.807, 2.05) is 55.1 Å². The van der Waals surface area contributed by atoms with E-state index in [2.05, 4.69) is 15.3 Å². The van der Waals surface area contributed by atoms with Gasteiger partial charge in [-0.05, 0) is 19.1 Å². The van der Waals surface area contributed by atoms with Gasteiger partial charge in [-0.2, -0.15) is 10.2 Å². The largest absolute Gasteiger partial charge is 0.477 e. The number of nitrogens with one attached hydrogen (secondary N) is 1. The number of nitrogens with zero attached hydrogens (tertiary/aromatic N) is 4. The average Bonchev–Trinajstić information content (AvgIpc) is 3.02. The van der Waals surface area contributed by atoms with Crippen LogP contribution in [-0.4, -0.2) is 21.1 Å². The van der Waals surface area contributed by atoms with Crippen molar-refractivity contribution in [3.8, 4) is 23.2 Å². The normalized spacial score (nSPS) is 10.3. The molecule has 0 saturated carbocycles. The molecule has 1 aromatic carbocycles. The number of hydrogen-bond donors (Lipinski definition) is 2. The predicted molar refractivity (Wildman–Crippen MR) is 96.5 cm³/mol. The summed E-state index contributed by atoms with van der Waals surface area (Å²) in [6.07, 6.45) is 3.72. The number of rotatable bonds is 5. The van der Waals surface area contributed by atoms with Crippen LogP contribution in [0.25, 0.3) is 11.3 Å². The second-order valence-electron chi connectivity index (χ2n) is 5.45. The molecule has 0 bridgehead atoms. The molecule has 0 aliphatic carbocycles. The van der Waals surface area contributed by atoms with Crippen molar-refractivity contribution in [1.82, 2.24) is 14.5 Å². The molecule has 3 rings (SSSR count). The zero-order chi connectivity index (χ0) is 17.8. The Labute approximate surface area is 145 Å². The second kappa shape index (κ2) is 6.93. The van der Waals surface area contributed by atoms with E-state index in [9.17, 15) is 0 Å². The third-order valence-electron chi connectivity index (χ3n) is 3.57. The van der Waals surface area contributed by atoms with Crippen LogP contribution in [-0.2, 0) is 7.05 Å². The van der Waals surface area contributed by atoms with Crippen molar-refractivity contribution < 1.29 is 4.74 Å². The van der Waals surface area contributed by atoms with Crippen molar-refractivity contribution in [3.63, 3.8) is 0 Å². The van der Waals surface area contributed by atoms with Crippen LogP contribution in [0.1, 0.15) is 12.5 Å². The van der Waals surface area contributed by atoms with Crippen LogP contribution in [0.15, 0.2) is 42.9 Å². The third-order valence-corrected chi connectivity index (χ3v) is 3.57. The molecule has 0 saturated heterocycles. The third kappa shape index (κ3) is 3.53. The van der Waals surface area contributed by atoms with Gasteiger partial charge in [-0.3, -0.25) is 0 Å². The number of ether oxygens (including phenoxy) is 1. The Balaban J connectivity index is 1.84. The van der Waals surface area contributed by atoms with Gasteiger partial charge in [0, 0.05) is 30.6 Å². The van der Waals surface area contributed by atoms with Gasteiger partial charge in [0.25, 0.3) is 0 Å². The lowest BCUT2D eigenvalue weighted by Crippen LogP contribution is -2.04. The SMILES string of the molecule is CCOc1nc(Nc2ccc(-c3cn(C)cn3)cc2)cc(N)c1C#N. The lowest BCUT2D eigenvalue weighted by molar-refractivity contribution is 0.326. The number of nitrogens with two attached hydrogens (primary N) is 1. The number of pyridine rings is 1. The fourth-order valence-corrected chi connectivity index (χ4v) is 2.39. The first kappa shape index (κ1) is 16.3. The Morgan fingerprint density at radius 2 is 2.08 bits per heavy atom. The summed E-state index contributed by atoms with van der Waals surface area (Å²) < 4.78 is 7.31. The smallest absolute Gasteiger partial charge is 0.235 e. The Morgan fingerprint density at radius 3 is 2.68 bits per heavy atom. The molecule has 7 heteroatoms. The van der Waals surface area contributed by atoms with Crippen LogP contribution in [0, 0.1) is 11.3 Å². The fraction of sp³-hybridized carbons (Fsp3) is 0.167. The molecular weight excluding hydrogens is 316 g/mol. The maximum Gasteiger partial charge on any atom is 0.235 e. The van der Waals surface area contributed by atoms with Gasteiger partial charge in [0.2, 0.25) is 5.88 Å². The van der Waals surface area contributed by atoms with E-state index in [0.717, 1.165) is 16.9 Å². The predicted octanol–water partition coefficient (Wildman–Crippen LogP) is 3.08. The summed E-state index contributed by atoms with van der Waals surface area (Å²) in [5.74, 6) is 0.753. The number of aryl methyl sites for hydroxylation is 1. The summed E-state index contributed by atoms with van der Waals surface area (Å²) in [7, 11) is 1.93. The molecule has 0 spiro atoms. The van der Waals surface area contributed by atoms with E-state index in [0.29, 0.717) is 18.1 Å². The number of hydrogen-bond acceptors (Lipinski definition) is 6. The minimum Gasteiger partial charge on any atom is -0.477 e. The van der Waals surface area contributed by atoms with Gasteiger partial charge in [-0.15, -0.1) is 0 Å². The van der Waals surface area contributed by atoms with Crippen molar-refractivity contribution in [3.05, 3.63) is 48.4 Å². The quantitative estimate of drug-likeness (QED) is 0.743. The number of nitrogen functional groups attached to an aromatic ring is 1. The van der Waals surface area contributed by atoms with Crippen LogP contribution in [0.5, 0.6) is 5.88 Å². The first-order chi connectivity index (χ1) is 12.1. The van der Waals surface area contributed by atoms with Crippen molar-refractivity contribution in [2.24, 2.45) is 7.05 Å². The molecule has 2 heterocycles. The lowest BCUT2D eigenvalue weighted by atomic mass is 10.1. The summed E-state index contributed by atoms with van der Waals surface area (Å²) in [6.45, 7) is 2.23. The van der Waals surface area contributed by atoms with E-state index < -0.39 is 0 Å². The zero-order valence-corrected chi connectivity index (χ0v) is 14.0. The summed E-state index contributed by atoms with van der Waals surface area (Å²) in [5.41, 5.74) is 9.28. The van der Waals surface area contributed by atoms with E-state index in [1.165, 1.54) is 0 Å². The van der Waals surface area contributed by atoms with Gasteiger partial charge >= 0.3 is 0 Å². The van der Waals surface area contributed by atoms with Crippen molar-refractivity contribution in [2.75, 3.05) is 17.7 Å². The van der Waals surface area contributed by atoms with Crippen LogP contribution in [0.2, 0.25) is 0 Å². The number of benzene rings is 1. The standard InChI is InChI=1S/C18H18N6O/c1-3-25-18-14(9-19)15(20)8-17(23-18)22-13-6-4-12(5-7-13)16-10-24(2)11-21-16/h4-8,10-11H,3H2,1-2H3,(H3,20,22,23). The van der Waals surface area contributed by atoms with Gasteiger partial charge in [-0.1, -0.05) is 12.1 Å².